The van der Waals surface area contributed by atoms with E-state index in [4.69, 9.17) is 4.74 Å². The number of nitrogens with one attached hydrogen (secondary N) is 1. The summed E-state index contributed by atoms with van der Waals surface area (Å²) >= 11 is 0. The van der Waals surface area contributed by atoms with Gasteiger partial charge in [-0.2, -0.15) is 0 Å². The summed E-state index contributed by atoms with van der Waals surface area (Å²) in [5.74, 6) is 0. The topological polar surface area (TPSA) is 56.1 Å². The zero-order valence-electron chi connectivity index (χ0n) is 12.8. The summed E-state index contributed by atoms with van der Waals surface area (Å²) in [6.07, 6.45) is 7.85. The van der Waals surface area contributed by atoms with Crippen LogP contribution in [0, 0.1) is 0 Å². The lowest BCUT2D eigenvalue weighted by Gasteiger charge is -2.31. The molecule has 0 aliphatic heterocycles. The van der Waals surface area contributed by atoms with Gasteiger partial charge in [0.1, 0.15) is 5.60 Å². The monoisotopic (exact) mass is 279 g/mol. The van der Waals surface area contributed by atoms with Gasteiger partial charge < -0.3 is 14.6 Å². The average molecular weight is 279 g/mol. The number of rotatable bonds is 4. The van der Waals surface area contributed by atoms with E-state index in [-0.39, 0.29) is 12.1 Å². The lowest BCUT2D eigenvalue weighted by molar-refractivity contribution is 0.0499. The second-order valence-corrected chi connectivity index (χ2v) is 6.42. The van der Waals surface area contributed by atoms with E-state index in [1.54, 1.807) is 0 Å². The first-order valence-electron chi connectivity index (χ1n) is 7.42. The normalized spacial score (nSPS) is 17.4. The van der Waals surface area contributed by atoms with Gasteiger partial charge in [-0.25, -0.2) is 9.78 Å². The zero-order valence-corrected chi connectivity index (χ0v) is 12.8. The minimum atomic E-state index is -0.476. The Hall–Kier alpha value is -1.52. The van der Waals surface area contributed by atoms with E-state index in [2.05, 4.69) is 21.8 Å². The number of hydrogen-bond acceptors (Lipinski definition) is 3. The number of carbonyl (C=O) groups is 1. The maximum Gasteiger partial charge on any atom is 0.408 e. The van der Waals surface area contributed by atoms with Crippen LogP contribution < -0.4 is 5.32 Å². The van der Waals surface area contributed by atoms with Gasteiger partial charge in [-0.15, -0.1) is 0 Å². The van der Waals surface area contributed by atoms with E-state index in [0.29, 0.717) is 6.04 Å². The van der Waals surface area contributed by atoms with Crippen LogP contribution in [0.5, 0.6) is 0 Å². The lowest BCUT2D eigenvalue weighted by Crippen LogP contribution is -2.36. The Labute approximate surface area is 120 Å². The molecule has 1 aromatic heterocycles. The van der Waals surface area contributed by atoms with Crippen molar-refractivity contribution in [1.82, 2.24) is 14.9 Å². The highest BCUT2D eigenvalue weighted by molar-refractivity contribution is 5.68. The number of aromatic nitrogens is 2. The molecule has 0 saturated heterocycles. The van der Waals surface area contributed by atoms with E-state index in [1.807, 2.05) is 33.3 Å². The summed E-state index contributed by atoms with van der Waals surface area (Å²) in [4.78, 5) is 16.2. The van der Waals surface area contributed by atoms with Crippen molar-refractivity contribution in [2.24, 2.45) is 0 Å². The van der Waals surface area contributed by atoms with Gasteiger partial charge in [-0.05, 0) is 46.5 Å². The third kappa shape index (κ3) is 3.52. The fourth-order valence-electron chi connectivity index (χ4n) is 2.39. The Kier molecular flexibility index (Phi) is 4.35. The van der Waals surface area contributed by atoms with Crippen molar-refractivity contribution < 1.29 is 9.53 Å². The Morgan fingerprint density at radius 1 is 1.55 bits per heavy atom. The van der Waals surface area contributed by atoms with Crippen molar-refractivity contribution in [2.45, 2.75) is 71.1 Å². The number of imidazole rings is 1. The molecule has 2 rings (SSSR count). The van der Waals surface area contributed by atoms with E-state index in [0.717, 1.165) is 12.1 Å². The second-order valence-electron chi connectivity index (χ2n) is 6.42. The van der Waals surface area contributed by atoms with Crippen molar-refractivity contribution in [2.75, 3.05) is 0 Å². The quantitative estimate of drug-likeness (QED) is 0.916. The molecule has 0 radical (unpaired) electrons. The molecule has 1 N–H and O–H groups in total. The lowest BCUT2D eigenvalue weighted by atomic mass is 9.92. The van der Waals surface area contributed by atoms with Crippen molar-refractivity contribution in [3.8, 4) is 0 Å². The summed E-state index contributed by atoms with van der Waals surface area (Å²) in [6, 6.07) is 0.495. The smallest absolute Gasteiger partial charge is 0.408 e. The highest BCUT2D eigenvalue weighted by atomic mass is 16.6. The van der Waals surface area contributed by atoms with Crippen LogP contribution in [0.1, 0.15) is 71.2 Å². The fraction of sp³-hybridized carbons (Fsp3) is 0.733. The summed E-state index contributed by atoms with van der Waals surface area (Å²) in [5, 5.41) is 2.95. The van der Waals surface area contributed by atoms with Gasteiger partial charge in [-0.3, -0.25) is 0 Å². The van der Waals surface area contributed by atoms with Gasteiger partial charge in [0.2, 0.25) is 0 Å². The Bertz CT molecular complexity index is 458. The summed E-state index contributed by atoms with van der Waals surface area (Å²) in [7, 11) is 0. The number of hydrogen-bond donors (Lipinski definition) is 1. The van der Waals surface area contributed by atoms with Crippen LogP contribution in [0.4, 0.5) is 4.79 Å². The van der Waals surface area contributed by atoms with Crippen molar-refractivity contribution in [3.05, 3.63) is 18.2 Å². The minimum absolute atomic E-state index is 0.0482. The highest BCUT2D eigenvalue weighted by Gasteiger charge is 2.26. The molecule has 112 valence electrons. The van der Waals surface area contributed by atoms with Crippen LogP contribution in [-0.4, -0.2) is 21.2 Å². The van der Waals surface area contributed by atoms with Crippen LogP contribution in [0.3, 0.4) is 0 Å². The van der Waals surface area contributed by atoms with Crippen LogP contribution in [0.15, 0.2) is 12.5 Å². The molecule has 5 nitrogen and oxygen atoms in total. The van der Waals surface area contributed by atoms with E-state index < -0.39 is 5.60 Å². The van der Waals surface area contributed by atoms with Crippen molar-refractivity contribution in [1.29, 1.82) is 0 Å². The first-order valence-corrected chi connectivity index (χ1v) is 7.42. The van der Waals surface area contributed by atoms with Crippen LogP contribution in [0.25, 0.3) is 0 Å². The number of nitrogens with zero attached hydrogens (tertiary/aromatic N) is 2. The van der Waals surface area contributed by atoms with E-state index in [9.17, 15) is 4.79 Å². The maximum atomic E-state index is 11.9. The third-order valence-electron chi connectivity index (χ3n) is 3.62. The standard InChI is InChI=1S/C15H25N3O2/c1-5-12(17-14(19)20-15(2,3)4)13-9-16-10-18(13)11-7-6-8-11/h9-12H,5-8H2,1-4H3,(H,17,19)/t12-/m1/s1. The molecule has 1 aliphatic carbocycles. The zero-order chi connectivity index (χ0) is 14.8. The molecule has 1 heterocycles. The molecule has 5 heteroatoms. The molecule has 1 saturated carbocycles. The minimum Gasteiger partial charge on any atom is -0.444 e. The molecule has 1 aromatic rings. The summed E-state index contributed by atoms with van der Waals surface area (Å²) in [5.41, 5.74) is 0.597. The van der Waals surface area contributed by atoms with Crippen molar-refractivity contribution >= 4 is 6.09 Å². The van der Waals surface area contributed by atoms with Gasteiger partial charge in [0, 0.05) is 6.04 Å². The molecule has 1 amide bonds. The molecular weight excluding hydrogens is 254 g/mol. The van der Waals surface area contributed by atoms with Gasteiger partial charge in [0.05, 0.1) is 24.3 Å². The highest BCUT2D eigenvalue weighted by Crippen LogP contribution is 2.34. The summed E-state index contributed by atoms with van der Waals surface area (Å²) < 4.78 is 7.53. The largest absolute Gasteiger partial charge is 0.444 e. The molecule has 0 bridgehead atoms. The molecule has 1 aliphatic rings. The van der Waals surface area contributed by atoms with Gasteiger partial charge in [-0.1, -0.05) is 6.92 Å². The number of amides is 1. The van der Waals surface area contributed by atoms with Gasteiger partial charge in [0.25, 0.3) is 0 Å². The number of carbonyl (C=O) groups excluding carboxylic acids is 1. The second kappa shape index (κ2) is 5.85. The van der Waals surface area contributed by atoms with Crippen LogP contribution in [0.2, 0.25) is 0 Å². The molecule has 0 aromatic carbocycles. The maximum absolute atomic E-state index is 11.9. The van der Waals surface area contributed by atoms with Gasteiger partial charge in [0.15, 0.2) is 0 Å². The van der Waals surface area contributed by atoms with E-state index >= 15 is 0 Å². The van der Waals surface area contributed by atoms with E-state index in [1.165, 1.54) is 19.3 Å². The first kappa shape index (κ1) is 14.9. The predicted octanol–water partition coefficient (Wildman–Crippen LogP) is 3.58. The molecule has 1 atom stereocenters. The Morgan fingerprint density at radius 3 is 2.75 bits per heavy atom. The number of ether oxygens (including phenoxy) is 1. The predicted molar refractivity (Wildman–Crippen MR) is 77.5 cm³/mol. The molecule has 1 fully saturated rings. The first-order chi connectivity index (χ1) is 9.40. The Balaban J connectivity index is 2.04. The average Bonchev–Trinajstić information content (AvgIpc) is 2.69. The summed E-state index contributed by atoms with van der Waals surface area (Å²) in [6.45, 7) is 7.66. The Morgan fingerprint density at radius 2 is 2.25 bits per heavy atom. The molecule has 20 heavy (non-hydrogen) atoms. The van der Waals surface area contributed by atoms with Crippen LogP contribution in [-0.2, 0) is 4.74 Å². The number of alkyl carbamates (subject to hydrolysis) is 1. The third-order valence-corrected chi connectivity index (χ3v) is 3.62. The van der Waals surface area contributed by atoms with Gasteiger partial charge >= 0.3 is 6.09 Å². The van der Waals surface area contributed by atoms with Crippen LogP contribution >= 0.6 is 0 Å². The molecular formula is C15H25N3O2. The molecule has 0 unspecified atom stereocenters. The SMILES string of the molecule is CC[C@@H](NC(=O)OC(C)(C)C)c1cncn1C1CCC1. The van der Waals surface area contributed by atoms with Crippen molar-refractivity contribution in [3.63, 3.8) is 0 Å². The molecule has 0 spiro atoms. The fourth-order valence-corrected chi connectivity index (χ4v) is 2.39.